The normalized spacial score (nSPS) is 12.9. The lowest BCUT2D eigenvalue weighted by Crippen LogP contribution is -2.14. The van der Waals surface area contributed by atoms with E-state index in [1.807, 2.05) is 38.1 Å². The third-order valence-corrected chi connectivity index (χ3v) is 1.88. The molecule has 3 heteroatoms. The van der Waals surface area contributed by atoms with Gasteiger partial charge in [-0.1, -0.05) is 12.1 Å². The Balaban J connectivity index is 2.68. The molecule has 0 aliphatic carbocycles. The Kier molecular flexibility index (Phi) is 3.92. The van der Waals surface area contributed by atoms with Gasteiger partial charge in [-0.2, -0.15) is 0 Å². The number of nitrogens with two attached hydrogens (primary N) is 1. The summed E-state index contributed by atoms with van der Waals surface area (Å²) in [4.78, 5) is 0. The number of hydrogen-bond donors (Lipinski definition) is 2. The number of aliphatic hydroxyl groups excluding tert-OH is 1. The summed E-state index contributed by atoms with van der Waals surface area (Å²) in [6.07, 6.45) is 0.173. The average molecular weight is 195 g/mol. The molecule has 0 aliphatic rings. The van der Waals surface area contributed by atoms with E-state index in [0.717, 1.165) is 11.3 Å². The summed E-state index contributed by atoms with van der Waals surface area (Å²) in [6, 6.07) is 7.18. The van der Waals surface area contributed by atoms with E-state index in [9.17, 15) is 0 Å². The van der Waals surface area contributed by atoms with E-state index in [1.165, 1.54) is 0 Å². The van der Waals surface area contributed by atoms with Gasteiger partial charge in [0.05, 0.1) is 18.8 Å². The maximum absolute atomic E-state index is 8.85. The van der Waals surface area contributed by atoms with Crippen molar-refractivity contribution in [1.82, 2.24) is 0 Å². The first-order valence-corrected chi connectivity index (χ1v) is 4.76. The van der Waals surface area contributed by atoms with Gasteiger partial charge in [0.15, 0.2) is 0 Å². The zero-order valence-corrected chi connectivity index (χ0v) is 8.60. The second-order valence-corrected chi connectivity index (χ2v) is 3.52. The molecule has 0 radical (unpaired) electrons. The zero-order chi connectivity index (χ0) is 10.6. The maximum atomic E-state index is 8.85. The molecule has 3 N–H and O–H groups in total. The molecule has 0 amide bonds. The van der Waals surface area contributed by atoms with Gasteiger partial charge >= 0.3 is 0 Å². The molecule has 1 rings (SSSR count). The fourth-order valence-corrected chi connectivity index (χ4v) is 1.17. The predicted octanol–water partition coefficient (Wildman–Crippen LogP) is 1.47. The van der Waals surface area contributed by atoms with Crippen LogP contribution in [-0.4, -0.2) is 17.8 Å². The highest BCUT2D eigenvalue weighted by atomic mass is 16.5. The third kappa shape index (κ3) is 3.01. The molecule has 0 saturated heterocycles. The molecule has 1 aromatic carbocycles. The van der Waals surface area contributed by atoms with Crippen LogP contribution in [0.25, 0.3) is 0 Å². The van der Waals surface area contributed by atoms with Crippen molar-refractivity contribution in [2.45, 2.75) is 26.0 Å². The van der Waals surface area contributed by atoms with E-state index >= 15 is 0 Å². The van der Waals surface area contributed by atoms with Crippen molar-refractivity contribution in [2.24, 2.45) is 5.73 Å². The zero-order valence-electron chi connectivity index (χ0n) is 8.60. The second kappa shape index (κ2) is 4.98. The molecule has 1 atom stereocenters. The fraction of sp³-hybridized carbons (Fsp3) is 0.455. The summed E-state index contributed by atoms with van der Waals surface area (Å²) in [5.41, 5.74) is 6.57. The predicted molar refractivity (Wildman–Crippen MR) is 56.2 cm³/mol. The molecule has 0 saturated carbocycles. The second-order valence-electron chi connectivity index (χ2n) is 3.52. The van der Waals surface area contributed by atoms with Crippen LogP contribution in [0.4, 0.5) is 0 Å². The van der Waals surface area contributed by atoms with E-state index < -0.39 is 0 Å². The van der Waals surface area contributed by atoms with Crippen LogP contribution in [0, 0.1) is 0 Å². The van der Waals surface area contributed by atoms with Crippen LogP contribution in [0.2, 0.25) is 0 Å². The summed E-state index contributed by atoms with van der Waals surface area (Å²) in [7, 11) is 0. The van der Waals surface area contributed by atoms with Gasteiger partial charge in [0, 0.05) is 0 Å². The Labute approximate surface area is 84.5 Å². The summed E-state index contributed by atoms with van der Waals surface area (Å²) in [5, 5.41) is 8.85. The minimum atomic E-state index is -0.303. The molecule has 14 heavy (non-hydrogen) atoms. The minimum Gasteiger partial charge on any atom is -0.491 e. The number of hydrogen-bond acceptors (Lipinski definition) is 3. The monoisotopic (exact) mass is 195 g/mol. The van der Waals surface area contributed by atoms with Gasteiger partial charge in [-0.3, -0.25) is 0 Å². The minimum absolute atomic E-state index is 0.0373. The smallest absolute Gasteiger partial charge is 0.119 e. The van der Waals surface area contributed by atoms with E-state index in [1.54, 1.807) is 0 Å². The molecule has 0 aromatic heterocycles. The highest BCUT2D eigenvalue weighted by Crippen LogP contribution is 2.17. The van der Waals surface area contributed by atoms with Crippen molar-refractivity contribution < 1.29 is 9.84 Å². The first-order valence-electron chi connectivity index (χ1n) is 4.76. The topological polar surface area (TPSA) is 55.5 Å². The summed E-state index contributed by atoms with van der Waals surface area (Å²) in [5.74, 6) is 0.828. The molecular weight excluding hydrogens is 178 g/mol. The van der Waals surface area contributed by atoms with Crippen LogP contribution in [0.15, 0.2) is 24.3 Å². The van der Waals surface area contributed by atoms with Crippen LogP contribution in [-0.2, 0) is 0 Å². The number of benzene rings is 1. The molecule has 0 unspecified atom stereocenters. The van der Waals surface area contributed by atoms with Gasteiger partial charge in [-0.25, -0.2) is 0 Å². The lowest BCUT2D eigenvalue weighted by atomic mass is 10.1. The third-order valence-electron chi connectivity index (χ3n) is 1.88. The highest BCUT2D eigenvalue weighted by Gasteiger charge is 2.04. The Morgan fingerprint density at radius 3 is 2.29 bits per heavy atom. The lowest BCUT2D eigenvalue weighted by molar-refractivity contribution is 0.242. The van der Waals surface area contributed by atoms with Gasteiger partial charge in [0.2, 0.25) is 0 Å². The van der Waals surface area contributed by atoms with Crippen molar-refractivity contribution in [3.05, 3.63) is 29.8 Å². The van der Waals surface area contributed by atoms with Gasteiger partial charge in [0.1, 0.15) is 5.75 Å². The van der Waals surface area contributed by atoms with Crippen molar-refractivity contribution in [3.63, 3.8) is 0 Å². The molecular formula is C11H17NO2. The van der Waals surface area contributed by atoms with Gasteiger partial charge in [0.25, 0.3) is 0 Å². The van der Waals surface area contributed by atoms with E-state index in [2.05, 4.69) is 0 Å². The average Bonchev–Trinajstić information content (AvgIpc) is 2.17. The van der Waals surface area contributed by atoms with Crippen molar-refractivity contribution >= 4 is 0 Å². The molecule has 0 fully saturated rings. The Bertz CT molecular complexity index is 269. The van der Waals surface area contributed by atoms with E-state index in [0.29, 0.717) is 0 Å². The van der Waals surface area contributed by atoms with Crippen LogP contribution in [0.5, 0.6) is 5.75 Å². The Hall–Kier alpha value is -1.06. The lowest BCUT2D eigenvalue weighted by Gasteiger charge is -2.12. The first-order chi connectivity index (χ1) is 6.63. The summed E-state index contributed by atoms with van der Waals surface area (Å²) < 4.78 is 5.48. The molecule has 0 spiro atoms. The summed E-state index contributed by atoms with van der Waals surface area (Å²) in [6.45, 7) is 3.92. The molecule has 0 aliphatic heterocycles. The molecule has 3 nitrogen and oxygen atoms in total. The Morgan fingerprint density at radius 2 is 1.86 bits per heavy atom. The number of aliphatic hydroxyl groups is 1. The van der Waals surface area contributed by atoms with Crippen LogP contribution in [0.3, 0.4) is 0 Å². The van der Waals surface area contributed by atoms with Crippen molar-refractivity contribution in [1.29, 1.82) is 0 Å². The fourth-order valence-electron chi connectivity index (χ4n) is 1.17. The highest BCUT2D eigenvalue weighted by molar-refractivity contribution is 5.29. The van der Waals surface area contributed by atoms with Crippen molar-refractivity contribution in [3.8, 4) is 5.75 Å². The van der Waals surface area contributed by atoms with Gasteiger partial charge in [-0.05, 0) is 31.5 Å². The van der Waals surface area contributed by atoms with Crippen molar-refractivity contribution in [2.75, 3.05) is 6.61 Å². The van der Waals surface area contributed by atoms with Crippen LogP contribution >= 0.6 is 0 Å². The quantitative estimate of drug-likeness (QED) is 0.764. The largest absolute Gasteiger partial charge is 0.491 e. The SMILES string of the molecule is CC(C)Oc1ccc([C@H](N)CO)cc1. The number of ether oxygens (including phenoxy) is 1. The first kappa shape index (κ1) is 11.0. The van der Waals surface area contributed by atoms with E-state index in [4.69, 9.17) is 15.6 Å². The molecule has 78 valence electrons. The molecule has 0 heterocycles. The van der Waals surface area contributed by atoms with Crippen LogP contribution in [0.1, 0.15) is 25.5 Å². The summed E-state index contributed by atoms with van der Waals surface area (Å²) >= 11 is 0. The standard InChI is InChI=1S/C11H17NO2/c1-8(2)14-10-5-3-9(4-6-10)11(12)7-13/h3-6,8,11,13H,7,12H2,1-2H3/t11-/m1/s1. The van der Waals surface area contributed by atoms with Crippen LogP contribution < -0.4 is 10.5 Å². The number of rotatable bonds is 4. The Morgan fingerprint density at radius 1 is 1.29 bits per heavy atom. The van der Waals surface area contributed by atoms with Gasteiger partial charge in [-0.15, -0.1) is 0 Å². The van der Waals surface area contributed by atoms with Gasteiger partial charge < -0.3 is 15.6 Å². The van der Waals surface area contributed by atoms with E-state index in [-0.39, 0.29) is 18.8 Å². The maximum Gasteiger partial charge on any atom is 0.119 e. The molecule has 1 aromatic rings. The molecule has 0 bridgehead atoms.